The predicted molar refractivity (Wildman–Crippen MR) is 72.1 cm³/mol. The average Bonchev–Trinajstić information content (AvgIpc) is 2.43. The van der Waals surface area contributed by atoms with Crippen molar-refractivity contribution in [3.05, 3.63) is 11.8 Å². The second kappa shape index (κ2) is 7.77. The molecule has 6 nitrogen and oxygen atoms in total. The molecule has 0 aromatic carbocycles. The first kappa shape index (κ1) is 15.5. The number of amides is 1. The third kappa shape index (κ3) is 4.54. The highest BCUT2D eigenvalue weighted by molar-refractivity contribution is 5.97. The Balaban J connectivity index is 2.71. The zero-order valence-corrected chi connectivity index (χ0v) is 11.7. The van der Waals surface area contributed by atoms with Crippen LogP contribution in [0.15, 0.2) is 11.8 Å². The summed E-state index contributed by atoms with van der Waals surface area (Å²) in [6.45, 7) is 5.98. The lowest BCUT2D eigenvalue weighted by Gasteiger charge is -2.32. The van der Waals surface area contributed by atoms with Crippen molar-refractivity contribution < 1.29 is 9.90 Å². The smallest absolute Gasteiger partial charge is 0.266 e. The molecule has 1 N–H and O–H groups in total. The van der Waals surface area contributed by atoms with Gasteiger partial charge in [-0.05, 0) is 14.0 Å². The van der Waals surface area contributed by atoms with E-state index in [0.717, 1.165) is 13.1 Å². The fourth-order valence-electron chi connectivity index (χ4n) is 1.94. The molecule has 19 heavy (non-hydrogen) atoms. The summed E-state index contributed by atoms with van der Waals surface area (Å²) in [4.78, 5) is 17.9. The van der Waals surface area contributed by atoms with Gasteiger partial charge in [-0.1, -0.05) is 0 Å². The van der Waals surface area contributed by atoms with E-state index in [9.17, 15) is 4.79 Å². The fraction of sp³-hybridized carbons (Fsp3) is 0.692. The van der Waals surface area contributed by atoms with Gasteiger partial charge in [0.15, 0.2) is 0 Å². The molecule has 1 heterocycles. The van der Waals surface area contributed by atoms with Gasteiger partial charge in [0.1, 0.15) is 11.6 Å². The number of hydrogen-bond acceptors (Lipinski definition) is 5. The Morgan fingerprint density at radius 3 is 2.53 bits per heavy atom. The van der Waals surface area contributed by atoms with E-state index in [1.54, 1.807) is 16.0 Å². The first-order valence-corrected chi connectivity index (χ1v) is 6.57. The molecule has 1 aliphatic heterocycles. The molecule has 0 saturated carbocycles. The molecule has 0 aromatic rings. The van der Waals surface area contributed by atoms with Crippen molar-refractivity contribution >= 4 is 5.91 Å². The lowest BCUT2D eigenvalue weighted by atomic mass is 10.2. The van der Waals surface area contributed by atoms with Gasteiger partial charge in [0.25, 0.3) is 5.91 Å². The van der Waals surface area contributed by atoms with Crippen LogP contribution in [0.5, 0.6) is 0 Å². The molecule has 6 heteroatoms. The Hall–Kier alpha value is -1.58. The van der Waals surface area contributed by atoms with Crippen LogP contribution in [0.4, 0.5) is 0 Å². The van der Waals surface area contributed by atoms with Crippen LogP contribution in [0, 0.1) is 11.3 Å². The van der Waals surface area contributed by atoms with Crippen LogP contribution >= 0.6 is 0 Å². The van der Waals surface area contributed by atoms with Crippen molar-refractivity contribution in [3.63, 3.8) is 0 Å². The summed E-state index contributed by atoms with van der Waals surface area (Å²) in [7, 11) is 2.02. The molecule has 1 amide bonds. The molecule has 0 aromatic heterocycles. The van der Waals surface area contributed by atoms with Crippen molar-refractivity contribution in [3.8, 4) is 6.07 Å². The normalized spacial score (nSPS) is 17.2. The Morgan fingerprint density at radius 1 is 1.42 bits per heavy atom. The minimum atomic E-state index is -0.216. The molecule has 0 spiro atoms. The Morgan fingerprint density at radius 2 is 2.05 bits per heavy atom. The van der Waals surface area contributed by atoms with E-state index in [-0.39, 0.29) is 18.1 Å². The highest BCUT2D eigenvalue weighted by Gasteiger charge is 2.22. The van der Waals surface area contributed by atoms with Crippen LogP contribution in [-0.2, 0) is 4.79 Å². The molecule has 0 atom stereocenters. The number of nitrogens with zero attached hydrogens (tertiary/aromatic N) is 4. The molecule has 1 aliphatic rings. The molecule has 1 rings (SSSR count). The molecule has 1 saturated heterocycles. The van der Waals surface area contributed by atoms with Crippen molar-refractivity contribution in [1.29, 1.82) is 5.26 Å². The summed E-state index contributed by atoms with van der Waals surface area (Å²) in [6, 6.07) is 1.97. The van der Waals surface area contributed by atoms with Crippen molar-refractivity contribution in [2.24, 2.45) is 0 Å². The number of carbonyl (C=O) groups is 1. The van der Waals surface area contributed by atoms with E-state index in [4.69, 9.17) is 10.4 Å². The Kier molecular flexibility index (Phi) is 6.33. The first-order chi connectivity index (χ1) is 9.12. The second-order valence-corrected chi connectivity index (χ2v) is 4.60. The van der Waals surface area contributed by atoms with Crippen LogP contribution in [-0.4, -0.2) is 78.6 Å². The van der Waals surface area contributed by atoms with E-state index < -0.39 is 0 Å². The maximum absolute atomic E-state index is 12.2. The van der Waals surface area contributed by atoms with E-state index in [2.05, 4.69) is 4.90 Å². The number of aliphatic hydroxyl groups is 1. The minimum absolute atomic E-state index is 0.00570. The van der Waals surface area contributed by atoms with Gasteiger partial charge in [-0.2, -0.15) is 5.26 Å². The summed E-state index contributed by atoms with van der Waals surface area (Å²) >= 11 is 0. The van der Waals surface area contributed by atoms with Crippen LogP contribution in [0.25, 0.3) is 0 Å². The van der Waals surface area contributed by atoms with E-state index >= 15 is 0 Å². The summed E-state index contributed by atoms with van der Waals surface area (Å²) in [6.07, 6.45) is 1.55. The Labute approximate surface area is 114 Å². The van der Waals surface area contributed by atoms with Crippen molar-refractivity contribution in [1.82, 2.24) is 14.7 Å². The number of nitriles is 1. The number of piperazine rings is 1. The van der Waals surface area contributed by atoms with Gasteiger partial charge in [-0.25, -0.2) is 0 Å². The van der Waals surface area contributed by atoms with Crippen LogP contribution in [0.3, 0.4) is 0 Å². The van der Waals surface area contributed by atoms with Crippen molar-refractivity contribution in [2.75, 3.05) is 52.9 Å². The van der Waals surface area contributed by atoms with Gasteiger partial charge in [-0.3, -0.25) is 4.79 Å². The van der Waals surface area contributed by atoms with E-state index in [1.165, 1.54) is 0 Å². The van der Waals surface area contributed by atoms with Crippen LogP contribution in [0.2, 0.25) is 0 Å². The number of aliphatic hydroxyl groups excluding tert-OH is 1. The topological polar surface area (TPSA) is 70.8 Å². The quantitative estimate of drug-likeness (QED) is 0.536. The van der Waals surface area contributed by atoms with Crippen LogP contribution < -0.4 is 0 Å². The van der Waals surface area contributed by atoms with Gasteiger partial charge in [-0.15, -0.1) is 0 Å². The first-order valence-electron chi connectivity index (χ1n) is 6.57. The Bertz CT molecular complexity index is 367. The predicted octanol–water partition coefficient (Wildman–Crippen LogP) is -0.518. The third-order valence-electron chi connectivity index (χ3n) is 3.25. The van der Waals surface area contributed by atoms with Gasteiger partial charge in [0, 0.05) is 45.5 Å². The van der Waals surface area contributed by atoms with Gasteiger partial charge in [0.2, 0.25) is 0 Å². The molecule has 0 radical (unpaired) electrons. The number of rotatable bonds is 5. The maximum atomic E-state index is 12.2. The van der Waals surface area contributed by atoms with Gasteiger partial charge in [0.05, 0.1) is 6.61 Å². The summed E-state index contributed by atoms with van der Waals surface area (Å²) < 4.78 is 0. The molecule has 0 unspecified atom stereocenters. The maximum Gasteiger partial charge on any atom is 0.266 e. The lowest BCUT2D eigenvalue weighted by molar-refractivity contribution is -0.128. The molecular weight excluding hydrogens is 244 g/mol. The zero-order chi connectivity index (χ0) is 14.3. The number of likely N-dealkylation sites (N-methyl/N-ethyl adjacent to an activating group) is 2. The number of hydrogen-bond donors (Lipinski definition) is 1. The third-order valence-corrected chi connectivity index (χ3v) is 3.25. The monoisotopic (exact) mass is 266 g/mol. The van der Waals surface area contributed by atoms with E-state index in [1.807, 2.05) is 20.0 Å². The van der Waals surface area contributed by atoms with Gasteiger partial charge < -0.3 is 19.8 Å². The summed E-state index contributed by atoms with van der Waals surface area (Å²) in [5, 5.41) is 18.0. The highest BCUT2D eigenvalue weighted by atomic mass is 16.3. The minimum Gasteiger partial charge on any atom is -0.395 e. The lowest BCUT2D eigenvalue weighted by Crippen LogP contribution is -2.47. The molecule has 0 bridgehead atoms. The summed E-state index contributed by atoms with van der Waals surface area (Å²) in [5.74, 6) is -0.216. The van der Waals surface area contributed by atoms with Crippen molar-refractivity contribution in [2.45, 2.75) is 6.92 Å². The fourth-order valence-corrected chi connectivity index (χ4v) is 1.94. The SMILES string of the molecule is CCN(/C=C(/C#N)C(=O)N1CCN(C)CC1)CCO. The molecule has 1 fully saturated rings. The van der Waals surface area contributed by atoms with E-state index in [0.29, 0.717) is 26.2 Å². The summed E-state index contributed by atoms with van der Waals surface area (Å²) in [5.41, 5.74) is 0.139. The van der Waals surface area contributed by atoms with Gasteiger partial charge >= 0.3 is 0 Å². The standard InChI is InChI=1S/C13H22N4O2/c1-3-16(8-9-18)11-12(10-14)13(19)17-6-4-15(2)5-7-17/h11,18H,3-9H2,1-2H3/b12-11-. The second-order valence-electron chi connectivity index (χ2n) is 4.60. The highest BCUT2D eigenvalue weighted by Crippen LogP contribution is 2.07. The number of carbonyl (C=O) groups excluding carboxylic acids is 1. The largest absolute Gasteiger partial charge is 0.395 e. The average molecular weight is 266 g/mol. The molecular formula is C13H22N4O2. The molecule has 0 aliphatic carbocycles. The zero-order valence-electron chi connectivity index (χ0n) is 11.7. The van der Waals surface area contributed by atoms with Crippen LogP contribution in [0.1, 0.15) is 6.92 Å². The molecule has 106 valence electrons.